The van der Waals surface area contributed by atoms with Crippen molar-refractivity contribution in [3.8, 4) is 0 Å². The van der Waals surface area contributed by atoms with Crippen LogP contribution >= 0.6 is 0 Å². The van der Waals surface area contributed by atoms with Crippen LogP contribution in [0.1, 0.15) is 55.1 Å². The average Bonchev–Trinajstić information content (AvgIpc) is 2.93. The van der Waals surface area contributed by atoms with Crippen molar-refractivity contribution in [1.29, 1.82) is 0 Å². The van der Waals surface area contributed by atoms with Crippen molar-refractivity contribution in [2.45, 2.75) is 57.7 Å². The summed E-state index contributed by atoms with van der Waals surface area (Å²) in [6.07, 6.45) is 3.33. The molecule has 2 unspecified atom stereocenters. The van der Waals surface area contributed by atoms with Gasteiger partial charge in [0.15, 0.2) is 11.2 Å². The quantitative estimate of drug-likeness (QED) is 0.139. The molecule has 0 spiro atoms. The van der Waals surface area contributed by atoms with E-state index >= 15 is 0 Å². The molecule has 16 heteroatoms. The number of anilines is 2. The van der Waals surface area contributed by atoms with Gasteiger partial charge in [-0.2, -0.15) is 4.98 Å². The fraction of sp³-hybridized carbons (Fsp3) is 0.360. The number of H-pyrrole nitrogens is 1. The number of amides is 1. The predicted molar refractivity (Wildman–Crippen MR) is 147 cm³/mol. The highest BCUT2D eigenvalue weighted by atomic mass is 16.4. The SMILES string of the molecule is CCCCC(N)C(=O)O.Nc1nc2ncc(CNc3ccc(C(=O)NC(CCC(=O)O)C(=O)O)cc3)nc2c(=O)[nH]1. The molecular formula is C25H32N8O8. The Kier molecular flexibility index (Phi) is 12.1. The molecule has 0 saturated heterocycles. The van der Waals surface area contributed by atoms with Gasteiger partial charge in [0.1, 0.15) is 12.1 Å². The molecule has 1 amide bonds. The molecule has 3 rings (SSSR count). The number of rotatable bonds is 13. The minimum absolute atomic E-state index is 0.0524. The lowest BCUT2D eigenvalue weighted by molar-refractivity contribution is -0.141. The van der Waals surface area contributed by atoms with Gasteiger partial charge in [0.25, 0.3) is 11.5 Å². The number of hydrogen-bond acceptors (Lipinski definition) is 11. The highest BCUT2D eigenvalue weighted by Gasteiger charge is 2.21. The highest BCUT2D eigenvalue weighted by Crippen LogP contribution is 2.12. The van der Waals surface area contributed by atoms with Crippen LogP contribution < -0.4 is 27.7 Å². The average molecular weight is 573 g/mol. The number of nitrogens with one attached hydrogen (secondary N) is 3. The van der Waals surface area contributed by atoms with Gasteiger partial charge in [0.05, 0.1) is 18.4 Å². The fourth-order valence-electron chi connectivity index (χ4n) is 3.30. The van der Waals surface area contributed by atoms with E-state index in [9.17, 15) is 24.0 Å². The van der Waals surface area contributed by atoms with E-state index in [1.807, 2.05) is 6.92 Å². The topological polar surface area (TPSA) is 277 Å². The lowest BCUT2D eigenvalue weighted by atomic mass is 10.1. The second-order valence-electron chi connectivity index (χ2n) is 8.80. The summed E-state index contributed by atoms with van der Waals surface area (Å²) in [6.45, 7) is 2.24. The van der Waals surface area contributed by atoms with Crippen LogP contribution in [0.25, 0.3) is 11.2 Å². The summed E-state index contributed by atoms with van der Waals surface area (Å²) in [5.74, 6) is -4.05. The molecule has 0 radical (unpaired) electrons. The van der Waals surface area contributed by atoms with Gasteiger partial charge in [-0.25, -0.2) is 14.8 Å². The first-order valence-electron chi connectivity index (χ1n) is 12.5. The number of carbonyl (C=O) groups is 4. The Morgan fingerprint density at radius 3 is 2.29 bits per heavy atom. The van der Waals surface area contributed by atoms with Crippen molar-refractivity contribution in [2.24, 2.45) is 5.73 Å². The summed E-state index contributed by atoms with van der Waals surface area (Å²) >= 11 is 0. The summed E-state index contributed by atoms with van der Waals surface area (Å²) in [5.41, 5.74) is 11.7. The fourth-order valence-corrected chi connectivity index (χ4v) is 3.30. The number of fused-ring (bicyclic) bond motifs is 1. The molecule has 2 atom stereocenters. The Hall–Kier alpha value is -5.12. The van der Waals surface area contributed by atoms with Crippen LogP contribution in [0.3, 0.4) is 0 Å². The third kappa shape index (κ3) is 10.5. The molecule has 1 aromatic carbocycles. The van der Waals surface area contributed by atoms with Crippen LogP contribution in [0.15, 0.2) is 35.3 Å². The third-order valence-corrected chi connectivity index (χ3v) is 5.54. The molecule has 0 aliphatic heterocycles. The van der Waals surface area contributed by atoms with Crippen molar-refractivity contribution in [3.05, 3.63) is 52.1 Å². The van der Waals surface area contributed by atoms with E-state index in [1.165, 1.54) is 18.3 Å². The summed E-state index contributed by atoms with van der Waals surface area (Å²) < 4.78 is 0. The van der Waals surface area contributed by atoms with Gasteiger partial charge in [-0.15, -0.1) is 0 Å². The molecule has 0 bridgehead atoms. The van der Waals surface area contributed by atoms with E-state index < -0.39 is 41.5 Å². The number of aromatic amines is 1. The first-order valence-corrected chi connectivity index (χ1v) is 12.5. The van der Waals surface area contributed by atoms with Crippen molar-refractivity contribution in [3.63, 3.8) is 0 Å². The number of nitrogens with zero attached hydrogens (tertiary/aromatic N) is 3. The van der Waals surface area contributed by atoms with Crippen LogP contribution in [0.2, 0.25) is 0 Å². The number of aromatic nitrogens is 4. The van der Waals surface area contributed by atoms with E-state index in [1.54, 1.807) is 12.1 Å². The van der Waals surface area contributed by atoms with Crippen LogP contribution in [-0.2, 0) is 20.9 Å². The van der Waals surface area contributed by atoms with Gasteiger partial charge in [-0.1, -0.05) is 19.8 Å². The molecule has 220 valence electrons. The molecule has 2 aromatic heterocycles. The van der Waals surface area contributed by atoms with Crippen molar-refractivity contribution in [2.75, 3.05) is 11.1 Å². The molecule has 0 aliphatic rings. The molecular weight excluding hydrogens is 540 g/mol. The Morgan fingerprint density at radius 1 is 1.02 bits per heavy atom. The molecule has 41 heavy (non-hydrogen) atoms. The summed E-state index contributed by atoms with van der Waals surface area (Å²) in [5, 5.41) is 31.5. The van der Waals surface area contributed by atoms with Crippen LogP contribution in [0.4, 0.5) is 11.6 Å². The van der Waals surface area contributed by atoms with Gasteiger partial charge in [0.2, 0.25) is 5.95 Å². The number of unbranched alkanes of at least 4 members (excludes halogenated alkanes) is 1. The number of carboxylic acids is 3. The first-order chi connectivity index (χ1) is 19.4. The number of aliphatic carboxylic acids is 3. The number of nitrogen functional groups attached to an aromatic ring is 1. The zero-order chi connectivity index (χ0) is 30.5. The van der Waals surface area contributed by atoms with E-state index in [-0.39, 0.29) is 42.1 Å². The van der Waals surface area contributed by atoms with Crippen molar-refractivity contribution >= 4 is 46.6 Å². The lowest BCUT2D eigenvalue weighted by Gasteiger charge is -2.14. The largest absolute Gasteiger partial charge is 0.481 e. The normalized spacial score (nSPS) is 12.0. The van der Waals surface area contributed by atoms with Crippen LogP contribution in [0, 0.1) is 0 Å². The predicted octanol–water partition coefficient (Wildman–Crippen LogP) is 0.544. The maximum absolute atomic E-state index is 12.3. The van der Waals surface area contributed by atoms with Crippen molar-refractivity contribution < 1.29 is 34.5 Å². The lowest BCUT2D eigenvalue weighted by Crippen LogP contribution is -2.41. The number of carboxylic acid groups (broad SMARTS) is 3. The molecule has 16 nitrogen and oxygen atoms in total. The Morgan fingerprint density at radius 2 is 1.71 bits per heavy atom. The van der Waals surface area contributed by atoms with Gasteiger partial charge in [0, 0.05) is 17.7 Å². The first kappa shape index (κ1) is 32.1. The second-order valence-corrected chi connectivity index (χ2v) is 8.80. The highest BCUT2D eigenvalue weighted by molar-refractivity contribution is 5.97. The maximum Gasteiger partial charge on any atom is 0.326 e. The summed E-state index contributed by atoms with van der Waals surface area (Å²) in [7, 11) is 0. The van der Waals surface area contributed by atoms with Gasteiger partial charge >= 0.3 is 17.9 Å². The number of carbonyl (C=O) groups excluding carboxylic acids is 1. The van der Waals surface area contributed by atoms with Gasteiger partial charge in [-0.05, 0) is 37.1 Å². The zero-order valence-corrected chi connectivity index (χ0v) is 22.2. The van der Waals surface area contributed by atoms with Crippen LogP contribution in [0.5, 0.6) is 0 Å². The van der Waals surface area contributed by atoms with Gasteiger partial charge in [-0.3, -0.25) is 24.2 Å². The Bertz CT molecular complexity index is 1430. The number of benzene rings is 1. The molecule has 0 fully saturated rings. The second kappa shape index (κ2) is 15.5. The van der Waals surface area contributed by atoms with E-state index in [0.717, 1.165) is 12.8 Å². The maximum atomic E-state index is 12.3. The van der Waals surface area contributed by atoms with Gasteiger partial charge < -0.3 is 37.4 Å². The molecule has 10 N–H and O–H groups in total. The van der Waals surface area contributed by atoms with Crippen LogP contribution in [-0.4, -0.2) is 71.2 Å². The minimum Gasteiger partial charge on any atom is -0.481 e. The third-order valence-electron chi connectivity index (χ3n) is 5.54. The molecule has 2 heterocycles. The molecule has 0 aliphatic carbocycles. The summed E-state index contributed by atoms with van der Waals surface area (Å²) in [6, 6.07) is 4.20. The minimum atomic E-state index is -1.31. The Balaban J connectivity index is 0.000000564. The van der Waals surface area contributed by atoms with Crippen molar-refractivity contribution in [1.82, 2.24) is 25.3 Å². The van der Waals surface area contributed by atoms with E-state index in [4.69, 9.17) is 26.8 Å². The number of nitrogens with two attached hydrogens (primary N) is 2. The number of hydrogen-bond donors (Lipinski definition) is 8. The Labute approximate surface area is 233 Å². The standard InChI is InChI=1S/C19H19N7O6.C6H13NO2/c20-19-25-15-14(17(30)26-19)23-11(8-22-15)7-21-10-3-1-9(2-4-10)16(29)24-12(18(31)32)5-6-13(27)28;1-2-3-4-5(7)6(8)9/h1-4,8,12,21H,5-7H2,(H,24,29)(H,27,28)(H,31,32)(H3,20,22,25,26,30);5H,2-4,7H2,1H3,(H,8,9). The molecule has 3 aromatic rings. The van der Waals surface area contributed by atoms with E-state index in [0.29, 0.717) is 17.8 Å². The molecule has 0 saturated carbocycles. The van der Waals surface area contributed by atoms with E-state index in [2.05, 4.69) is 30.6 Å². The smallest absolute Gasteiger partial charge is 0.326 e. The monoisotopic (exact) mass is 572 g/mol. The summed E-state index contributed by atoms with van der Waals surface area (Å²) in [4.78, 5) is 70.6. The zero-order valence-electron chi connectivity index (χ0n) is 22.2.